The number of fused-ring (bicyclic) bond motifs is 3. The number of carbonyl (C=O) groups excluding carboxylic acids is 1. The first-order valence-electron chi connectivity index (χ1n) is 9.44. The molecule has 4 aliphatic rings. The summed E-state index contributed by atoms with van der Waals surface area (Å²) in [6, 6.07) is -2.16. The third kappa shape index (κ3) is 3.00. The molecule has 1 saturated carbocycles. The number of nitrogens with two attached hydrogens (primary N) is 1. The van der Waals surface area contributed by atoms with Crippen molar-refractivity contribution in [2.75, 3.05) is 20.6 Å². The van der Waals surface area contributed by atoms with E-state index in [0.29, 0.717) is 6.42 Å². The van der Waals surface area contributed by atoms with Crippen LogP contribution in [0.3, 0.4) is 0 Å². The SMILES string of the molecule is CN(C)C1NC(N)=NC1c1nnc([C@@H]2CC3(CC3)[C@@H]3CN2C(=O)N3OS(=O)(=O)O)o1. The number of hydrogen-bond acceptors (Lipinski definition) is 11. The second-order valence-electron chi connectivity index (χ2n) is 8.35. The van der Waals surface area contributed by atoms with Gasteiger partial charge in [-0.25, -0.2) is 9.79 Å². The summed E-state index contributed by atoms with van der Waals surface area (Å²) in [5.41, 5.74) is 5.49. The van der Waals surface area contributed by atoms with E-state index in [-0.39, 0.29) is 35.9 Å². The van der Waals surface area contributed by atoms with Crippen LogP contribution in [0.2, 0.25) is 0 Å². The van der Waals surface area contributed by atoms with Crippen molar-refractivity contribution >= 4 is 22.4 Å². The van der Waals surface area contributed by atoms with Gasteiger partial charge in [0.05, 0.1) is 6.04 Å². The first-order chi connectivity index (χ1) is 14.1. The highest BCUT2D eigenvalue weighted by atomic mass is 32.3. The lowest BCUT2D eigenvalue weighted by atomic mass is 9.85. The summed E-state index contributed by atoms with van der Waals surface area (Å²) >= 11 is 0. The minimum absolute atomic E-state index is 0.243. The average Bonchev–Trinajstić information content (AvgIpc) is 3.02. The van der Waals surface area contributed by atoms with Crippen molar-refractivity contribution in [3.8, 4) is 0 Å². The number of likely N-dealkylation sites (N-methyl/N-ethyl adjacent to an activating group) is 1. The molecule has 2 bridgehead atoms. The maximum absolute atomic E-state index is 12.8. The van der Waals surface area contributed by atoms with Gasteiger partial charge in [0.1, 0.15) is 12.2 Å². The van der Waals surface area contributed by atoms with Crippen LogP contribution in [0.4, 0.5) is 4.79 Å². The Bertz CT molecular complexity index is 1020. The van der Waals surface area contributed by atoms with Gasteiger partial charge in [0, 0.05) is 6.54 Å². The van der Waals surface area contributed by atoms with E-state index in [1.165, 1.54) is 4.90 Å². The van der Waals surface area contributed by atoms with Gasteiger partial charge < -0.3 is 20.4 Å². The summed E-state index contributed by atoms with van der Waals surface area (Å²) in [6.07, 6.45) is 1.88. The predicted octanol–water partition coefficient (Wildman–Crippen LogP) is -1.02. The minimum atomic E-state index is -4.82. The summed E-state index contributed by atoms with van der Waals surface area (Å²) in [4.78, 5) is 20.5. The Morgan fingerprint density at radius 1 is 1.33 bits per heavy atom. The molecule has 1 aliphatic carbocycles. The summed E-state index contributed by atoms with van der Waals surface area (Å²) in [7, 11) is -1.10. The Balaban J connectivity index is 1.43. The average molecular weight is 442 g/mol. The van der Waals surface area contributed by atoms with Gasteiger partial charge >= 0.3 is 16.4 Å². The third-order valence-corrected chi connectivity index (χ3v) is 6.61. The Labute approximate surface area is 171 Å². The topological polar surface area (TPSA) is 180 Å². The molecule has 3 aliphatic heterocycles. The van der Waals surface area contributed by atoms with Crippen LogP contribution < -0.4 is 11.1 Å². The molecule has 1 aromatic heterocycles. The fourth-order valence-corrected chi connectivity index (χ4v) is 5.00. The number of rotatable bonds is 5. The standard InChI is InChI=1S/C15H22N8O6S/c1-21(2)10-9(17-13(16)18-10)12-20-19-11(28-12)7-5-15(3-4-15)8-6-22(7)14(24)23(8)29-30(25,26)27/h7-10H,3-6H2,1-2H3,(H3,16,17,18)(H,25,26,27)/t7-,8-,9?,10?/m0/s1. The van der Waals surface area contributed by atoms with Crippen molar-refractivity contribution in [1.82, 2.24) is 30.4 Å². The van der Waals surface area contributed by atoms with Crippen LogP contribution in [0, 0.1) is 5.41 Å². The maximum Gasteiger partial charge on any atom is 0.418 e. The quantitative estimate of drug-likeness (QED) is 0.475. The number of aromatic nitrogens is 2. The number of amides is 2. The van der Waals surface area contributed by atoms with Gasteiger partial charge in [-0.05, 0) is 38.8 Å². The zero-order chi connectivity index (χ0) is 21.4. The zero-order valence-electron chi connectivity index (χ0n) is 16.3. The Morgan fingerprint density at radius 3 is 2.67 bits per heavy atom. The molecule has 4 N–H and O–H groups in total. The molecule has 15 heteroatoms. The third-order valence-electron chi connectivity index (χ3n) is 6.26. The van der Waals surface area contributed by atoms with Crippen molar-refractivity contribution in [3.63, 3.8) is 0 Å². The second-order valence-corrected chi connectivity index (χ2v) is 9.36. The minimum Gasteiger partial charge on any atom is -0.421 e. The van der Waals surface area contributed by atoms with Crippen LogP contribution in [0.25, 0.3) is 0 Å². The number of guanidine groups is 1. The first kappa shape index (κ1) is 19.5. The van der Waals surface area contributed by atoms with Crippen LogP contribution >= 0.6 is 0 Å². The summed E-state index contributed by atoms with van der Waals surface area (Å²) in [5.74, 6) is 0.778. The molecule has 14 nitrogen and oxygen atoms in total. The number of aliphatic imine (C=N–C) groups is 1. The molecular weight excluding hydrogens is 420 g/mol. The Morgan fingerprint density at radius 2 is 2.03 bits per heavy atom. The van der Waals surface area contributed by atoms with E-state index >= 15 is 0 Å². The van der Waals surface area contributed by atoms with E-state index in [4.69, 9.17) is 14.7 Å². The molecule has 164 valence electrons. The van der Waals surface area contributed by atoms with E-state index in [9.17, 15) is 13.2 Å². The Hall–Kier alpha value is -2.49. The fraction of sp³-hybridized carbons (Fsp3) is 0.733. The molecule has 2 saturated heterocycles. The van der Waals surface area contributed by atoms with Gasteiger partial charge in [-0.3, -0.25) is 9.45 Å². The molecule has 1 spiro atoms. The summed E-state index contributed by atoms with van der Waals surface area (Å²) < 4.78 is 42.0. The van der Waals surface area contributed by atoms with Gasteiger partial charge in [-0.1, -0.05) is 0 Å². The van der Waals surface area contributed by atoms with Gasteiger partial charge in [0.2, 0.25) is 11.8 Å². The smallest absolute Gasteiger partial charge is 0.418 e. The number of piperidine rings is 1. The van der Waals surface area contributed by atoms with E-state index in [1.54, 1.807) is 0 Å². The number of urea groups is 1. The van der Waals surface area contributed by atoms with Crippen molar-refractivity contribution in [1.29, 1.82) is 0 Å². The van der Waals surface area contributed by atoms with Gasteiger partial charge in [0.15, 0.2) is 12.0 Å². The van der Waals surface area contributed by atoms with Crippen molar-refractivity contribution in [2.45, 2.75) is 43.6 Å². The molecule has 0 aromatic carbocycles. The normalized spacial score (nSPS) is 32.1. The molecule has 3 fully saturated rings. The number of nitrogens with zero attached hydrogens (tertiary/aromatic N) is 6. The first-order valence-corrected chi connectivity index (χ1v) is 10.8. The number of nitrogens with one attached hydrogen (secondary N) is 1. The molecule has 30 heavy (non-hydrogen) atoms. The van der Waals surface area contributed by atoms with Crippen LogP contribution in [-0.4, -0.2) is 82.9 Å². The monoisotopic (exact) mass is 442 g/mol. The summed E-state index contributed by atoms with van der Waals surface area (Å²) in [6.45, 7) is 0.243. The zero-order valence-corrected chi connectivity index (χ0v) is 17.1. The van der Waals surface area contributed by atoms with Crippen molar-refractivity contribution < 1.29 is 26.5 Å². The lowest BCUT2D eigenvalue weighted by Crippen LogP contribution is -2.45. The lowest BCUT2D eigenvalue weighted by Gasteiger charge is -2.34. The van der Waals surface area contributed by atoms with Gasteiger partial charge in [0.25, 0.3) is 0 Å². The molecule has 0 radical (unpaired) electrons. The van der Waals surface area contributed by atoms with E-state index in [2.05, 4.69) is 24.8 Å². The molecular formula is C15H22N8O6S. The van der Waals surface area contributed by atoms with E-state index in [0.717, 1.165) is 17.9 Å². The lowest BCUT2D eigenvalue weighted by molar-refractivity contribution is -0.0530. The van der Waals surface area contributed by atoms with Crippen molar-refractivity contribution in [2.24, 2.45) is 16.1 Å². The Kier molecular flexibility index (Phi) is 4.06. The van der Waals surface area contributed by atoms with Crippen LogP contribution in [0.5, 0.6) is 0 Å². The van der Waals surface area contributed by atoms with Gasteiger partial charge in [-0.2, -0.15) is 13.5 Å². The van der Waals surface area contributed by atoms with Crippen molar-refractivity contribution in [3.05, 3.63) is 11.8 Å². The molecule has 1 aromatic rings. The largest absolute Gasteiger partial charge is 0.421 e. The number of hydroxylamine groups is 2. The van der Waals surface area contributed by atoms with Crippen LogP contribution in [0.1, 0.15) is 43.1 Å². The number of hydrogen-bond donors (Lipinski definition) is 3. The van der Waals surface area contributed by atoms with Gasteiger partial charge in [-0.15, -0.1) is 14.5 Å². The fourth-order valence-electron chi connectivity index (χ4n) is 4.63. The highest BCUT2D eigenvalue weighted by Gasteiger charge is 2.65. The maximum atomic E-state index is 12.8. The second kappa shape index (κ2) is 6.26. The number of carbonyl (C=O) groups is 1. The molecule has 2 unspecified atom stereocenters. The van der Waals surface area contributed by atoms with Crippen LogP contribution in [-0.2, 0) is 14.7 Å². The molecule has 4 atom stereocenters. The van der Waals surface area contributed by atoms with Crippen LogP contribution in [0.15, 0.2) is 9.41 Å². The predicted molar refractivity (Wildman–Crippen MR) is 98.7 cm³/mol. The molecule has 4 heterocycles. The molecule has 2 amide bonds. The van der Waals surface area contributed by atoms with E-state index < -0.39 is 34.6 Å². The van der Waals surface area contributed by atoms with E-state index in [1.807, 2.05) is 19.0 Å². The highest BCUT2D eigenvalue weighted by molar-refractivity contribution is 7.80. The summed E-state index contributed by atoms with van der Waals surface area (Å²) in [5, 5.41) is 12.1. The molecule has 5 rings (SSSR count). The highest BCUT2D eigenvalue weighted by Crippen LogP contribution is 2.61.